The van der Waals surface area contributed by atoms with E-state index in [1.807, 2.05) is 19.9 Å². The van der Waals surface area contributed by atoms with Gasteiger partial charge in [-0.15, -0.1) is 11.3 Å². The van der Waals surface area contributed by atoms with Crippen LogP contribution < -0.4 is 9.47 Å². The predicted octanol–water partition coefficient (Wildman–Crippen LogP) is 4.45. The Labute approximate surface area is 154 Å². The summed E-state index contributed by atoms with van der Waals surface area (Å²) in [6.07, 6.45) is 0.184. The number of hydrogen-bond donors (Lipinski definition) is 0. The minimum absolute atomic E-state index is 0.0371. The zero-order chi connectivity index (χ0) is 18.0. The number of esters is 1. The molecule has 0 atom stereocenters. The van der Waals surface area contributed by atoms with Crippen LogP contribution >= 0.6 is 22.9 Å². The first-order valence-corrected chi connectivity index (χ1v) is 8.97. The van der Waals surface area contributed by atoms with Gasteiger partial charge in [0.05, 0.1) is 11.4 Å². The first-order chi connectivity index (χ1) is 11.9. The molecule has 0 saturated heterocycles. The Hall–Kier alpha value is -2.05. The molecule has 0 fully saturated rings. The molecule has 132 valence electrons. The second kappa shape index (κ2) is 7.45. The molecular weight excluding hydrogens is 364 g/mol. The molecule has 1 aromatic carbocycles. The number of aryl methyl sites for hydroxylation is 2. The molecule has 1 aromatic heterocycles. The van der Waals surface area contributed by atoms with E-state index in [0.717, 1.165) is 9.75 Å². The lowest BCUT2D eigenvalue weighted by Gasteiger charge is -2.07. The quantitative estimate of drug-likeness (QED) is 0.547. The van der Waals surface area contributed by atoms with E-state index in [-0.39, 0.29) is 32.0 Å². The number of carbonyl (C=O) groups excluding carboxylic acids is 2. The van der Waals surface area contributed by atoms with Gasteiger partial charge in [0.25, 0.3) is 0 Å². The highest BCUT2D eigenvalue weighted by Crippen LogP contribution is 2.39. The SMILES string of the molecule is Cc1cc(C(=O)CCC(=O)OCc2cc(Cl)c3c(c2)OCO3)c(C)s1. The number of Topliss-reactive ketones (excluding diaryl/α,β-unsaturated/α-hetero) is 1. The van der Waals surface area contributed by atoms with Crippen molar-refractivity contribution < 1.29 is 23.8 Å². The molecule has 0 saturated carbocycles. The molecular formula is C18H17ClO5S. The molecule has 2 heterocycles. The van der Waals surface area contributed by atoms with Crippen molar-refractivity contribution in [2.24, 2.45) is 0 Å². The average Bonchev–Trinajstić information content (AvgIpc) is 3.17. The normalized spacial score (nSPS) is 12.3. The number of benzene rings is 1. The summed E-state index contributed by atoms with van der Waals surface area (Å²) in [5.74, 6) is 0.581. The Morgan fingerprint density at radius 2 is 2.00 bits per heavy atom. The molecule has 0 amide bonds. The lowest BCUT2D eigenvalue weighted by molar-refractivity contribution is -0.144. The first kappa shape index (κ1) is 17.8. The first-order valence-electron chi connectivity index (χ1n) is 7.78. The fourth-order valence-corrected chi connectivity index (χ4v) is 3.83. The Morgan fingerprint density at radius 1 is 1.20 bits per heavy atom. The highest BCUT2D eigenvalue weighted by atomic mass is 35.5. The monoisotopic (exact) mass is 380 g/mol. The number of thiophene rings is 1. The second-order valence-electron chi connectivity index (χ2n) is 5.72. The molecule has 7 heteroatoms. The Morgan fingerprint density at radius 3 is 2.72 bits per heavy atom. The highest BCUT2D eigenvalue weighted by molar-refractivity contribution is 7.12. The van der Waals surface area contributed by atoms with Gasteiger partial charge in [0, 0.05) is 21.7 Å². The maximum atomic E-state index is 12.2. The predicted molar refractivity (Wildman–Crippen MR) is 94.7 cm³/mol. The summed E-state index contributed by atoms with van der Waals surface area (Å²) in [7, 11) is 0. The number of halogens is 1. The van der Waals surface area contributed by atoms with E-state index in [1.165, 1.54) is 0 Å². The molecule has 0 spiro atoms. The van der Waals surface area contributed by atoms with Gasteiger partial charge in [0.15, 0.2) is 17.3 Å². The van der Waals surface area contributed by atoms with E-state index >= 15 is 0 Å². The standard InChI is InChI=1S/C18H17ClO5S/c1-10-5-13(11(2)25-10)15(20)3-4-17(21)22-8-12-6-14(19)18-16(7-12)23-9-24-18/h5-7H,3-4,8-9H2,1-2H3. The molecule has 0 aliphatic carbocycles. The Bertz CT molecular complexity index is 827. The van der Waals surface area contributed by atoms with Gasteiger partial charge in [0.2, 0.25) is 6.79 Å². The van der Waals surface area contributed by atoms with Crippen LogP contribution in [-0.4, -0.2) is 18.5 Å². The summed E-state index contributed by atoms with van der Waals surface area (Å²) in [6, 6.07) is 5.26. The van der Waals surface area contributed by atoms with Crippen LogP contribution in [0.5, 0.6) is 11.5 Å². The van der Waals surface area contributed by atoms with Crippen LogP contribution in [0.1, 0.15) is 38.5 Å². The van der Waals surface area contributed by atoms with Crippen LogP contribution in [0.4, 0.5) is 0 Å². The van der Waals surface area contributed by atoms with Crippen LogP contribution in [0.2, 0.25) is 5.02 Å². The van der Waals surface area contributed by atoms with Gasteiger partial charge in [-0.1, -0.05) is 11.6 Å². The number of ether oxygens (including phenoxy) is 3. The maximum absolute atomic E-state index is 12.2. The van der Waals surface area contributed by atoms with Crippen molar-refractivity contribution in [3.8, 4) is 11.5 Å². The third-order valence-corrected chi connectivity index (χ3v) is 5.03. The lowest BCUT2D eigenvalue weighted by Crippen LogP contribution is -2.08. The van der Waals surface area contributed by atoms with Gasteiger partial charge in [-0.25, -0.2) is 0 Å². The van der Waals surface area contributed by atoms with Crippen molar-refractivity contribution in [1.29, 1.82) is 0 Å². The summed E-state index contributed by atoms with van der Waals surface area (Å²) in [6.45, 7) is 4.06. The fraction of sp³-hybridized carbons (Fsp3) is 0.333. The van der Waals surface area contributed by atoms with E-state index in [4.69, 9.17) is 25.8 Å². The summed E-state index contributed by atoms with van der Waals surface area (Å²) in [5.41, 5.74) is 1.40. The maximum Gasteiger partial charge on any atom is 0.306 e. The Balaban J connectivity index is 1.51. The van der Waals surface area contributed by atoms with Crippen LogP contribution in [0.3, 0.4) is 0 Å². The largest absolute Gasteiger partial charge is 0.461 e. The number of fused-ring (bicyclic) bond motifs is 1. The molecule has 5 nitrogen and oxygen atoms in total. The van der Waals surface area contributed by atoms with Crippen LogP contribution in [0.25, 0.3) is 0 Å². The molecule has 0 bridgehead atoms. The summed E-state index contributed by atoms with van der Waals surface area (Å²) in [4.78, 5) is 26.1. The molecule has 1 aliphatic heterocycles. The van der Waals surface area contributed by atoms with Crippen molar-refractivity contribution >= 4 is 34.7 Å². The van der Waals surface area contributed by atoms with Crippen molar-refractivity contribution in [1.82, 2.24) is 0 Å². The molecule has 0 radical (unpaired) electrons. The van der Waals surface area contributed by atoms with Gasteiger partial charge in [-0.05, 0) is 37.6 Å². The average molecular weight is 381 g/mol. The topological polar surface area (TPSA) is 61.8 Å². The lowest BCUT2D eigenvalue weighted by atomic mass is 10.1. The van der Waals surface area contributed by atoms with Crippen molar-refractivity contribution in [3.63, 3.8) is 0 Å². The molecule has 1 aliphatic rings. The van der Waals surface area contributed by atoms with Gasteiger partial charge in [0.1, 0.15) is 6.61 Å². The van der Waals surface area contributed by atoms with E-state index in [0.29, 0.717) is 27.6 Å². The van der Waals surface area contributed by atoms with E-state index in [2.05, 4.69) is 0 Å². The summed E-state index contributed by atoms with van der Waals surface area (Å²) in [5, 5.41) is 0.416. The number of ketones is 1. The van der Waals surface area contributed by atoms with Gasteiger partial charge in [-0.3, -0.25) is 9.59 Å². The van der Waals surface area contributed by atoms with Gasteiger partial charge < -0.3 is 14.2 Å². The highest BCUT2D eigenvalue weighted by Gasteiger charge is 2.19. The van der Waals surface area contributed by atoms with Gasteiger partial charge >= 0.3 is 5.97 Å². The van der Waals surface area contributed by atoms with E-state index in [1.54, 1.807) is 23.5 Å². The molecule has 0 N–H and O–H groups in total. The fourth-order valence-electron chi connectivity index (χ4n) is 2.60. The zero-order valence-electron chi connectivity index (χ0n) is 13.9. The summed E-state index contributed by atoms with van der Waals surface area (Å²) < 4.78 is 15.7. The smallest absolute Gasteiger partial charge is 0.306 e. The van der Waals surface area contributed by atoms with Crippen LogP contribution in [0, 0.1) is 13.8 Å². The molecule has 2 aromatic rings. The van der Waals surface area contributed by atoms with Crippen molar-refractivity contribution in [3.05, 3.63) is 44.1 Å². The zero-order valence-corrected chi connectivity index (χ0v) is 15.5. The third-order valence-electron chi connectivity index (χ3n) is 3.78. The van der Waals surface area contributed by atoms with E-state index in [9.17, 15) is 9.59 Å². The minimum atomic E-state index is -0.424. The van der Waals surface area contributed by atoms with Crippen LogP contribution in [-0.2, 0) is 16.1 Å². The van der Waals surface area contributed by atoms with E-state index < -0.39 is 5.97 Å². The number of hydrogen-bond acceptors (Lipinski definition) is 6. The summed E-state index contributed by atoms with van der Waals surface area (Å²) >= 11 is 7.67. The molecule has 25 heavy (non-hydrogen) atoms. The van der Waals surface area contributed by atoms with Crippen molar-refractivity contribution in [2.75, 3.05) is 6.79 Å². The Kier molecular flexibility index (Phi) is 5.30. The molecule has 3 rings (SSSR count). The number of carbonyl (C=O) groups is 2. The second-order valence-corrected chi connectivity index (χ2v) is 7.59. The van der Waals surface area contributed by atoms with Gasteiger partial charge in [-0.2, -0.15) is 0 Å². The number of rotatable bonds is 6. The minimum Gasteiger partial charge on any atom is -0.461 e. The van der Waals surface area contributed by atoms with Crippen molar-refractivity contribution in [2.45, 2.75) is 33.3 Å². The third kappa shape index (κ3) is 4.14. The molecule has 0 unspecified atom stereocenters. The van der Waals surface area contributed by atoms with Crippen LogP contribution in [0.15, 0.2) is 18.2 Å².